The molecule has 256 valence electrons. The first-order valence-electron chi connectivity index (χ1n) is 15.9. The number of anilines is 6. The lowest BCUT2D eigenvalue weighted by molar-refractivity contribution is -0.111. The van der Waals surface area contributed by atoms with Crippen molar-refractivity contribution < 1.29 is 23.5 Å². The van der Waals surface area contributed by atoms with E-state index in [2.05, 4.69) is 36.0 Å². The summed E-state index contributed by atoms with van der Waals surface area (Å²) in [6, 6.07) is 5.36. The van der Waals surface area contributed by atoms with Gasteiger partial charge in [-0.15, -0.1) is 0 Å². The van der Waals surface area contributed by atoms with Crippen LogP contribution in [0.4, 0.5) is 39.0 Å². The number of fused-ring (bicyclic) bond motifs is 1. The molecule has 5 rings (SSSR count). The molecule has 1 saturated heterocycles. The zero-order valence-electron chi connectivity index (χ0n) is 28.8. The average molecular weight is 662 g/mol. The summed E-state index contributed by atoms with van der Waals surface area (Å²) >= 11 is 0. The molecule has 0 bridgehead atoms. The van der Waals surface area contributed by atoms with Crippen LogP contribution in [-0.4, -0.2) is 95.9 Å². The Morgan fingerprint density at radius 3 is 2.60 bits per heavy atom. The average Bonchev–Trinajstić information content (AvgIpc) is 3.50. The fraction of sp³-hybridized carbons (Fsp3) is 0.471. The maximum absolute atomic E-state index is 14.8. The van der Waals surface area contributed by atoms with E-state index in [1.165, 1.54) is 13.3 Å². The highest BCUT2D eigenvalue weighted by Crippen LogP contribution is 2.44. The number of hydrogen-bond donors (Lipinski definition) is 2. The van der Waals surface area contributed by atoms with Crippen LogP contribution in [0.25, 0.3) is 0 Å². The minimum Gasteiger partial charge on any atom is -0.479 e. The maximum atomic E-state index is 14.8. The van der Waals surface area contributed by atoms with Crippen molar-refractivity contribution >= 4 is 46.5 Å². The maximum Gasteiger partial charge on any atom is 0.343 e. The molecule has 2 atom stereocenters. The standard InChI is InChI=1S/C34H44FN9O4/c1-10-27(45)38-24-14-25(31(47-9)40-30(24)43-16-21(35)13-22(43)17-42(7)8)39-33-36-15-23(32(46)48-19(2)3)29(41-33)44-18-34(5,6)28-26(44)12-11-20(4)37-28/h10-12,14-15,19,21-22H,1,13,16-18H2,2-9H3,(H,38,45)(H,36,39,41)/t21-,22+/m0/s1. The molecular weight excluding hydrogens is 617 g/mol. The second-order valence-corrected chi connectivity index (χ2v) is 13.3. The lowest BCUT2D eigenvalue weighted by Gasteiger charge is -2.30. The van der Waals surface area contributed by atoms with E-state index in [1.54, 1.807) is 19.9 Å². The van der Waals surface area contributed by atoms with Crippen LogP contribution in [0.1, 0.15) is 55.9 Å². The van der Waals surface area contributed by atoms with Gasteiger partial charge in [0.2, 0.25) is 17.7 Å². The van der Waals surface area contributed by atoms with Gasteiger partial charge in [-0.2, -0.15) is 9.97 Å². The number of nitrogens with zero attached hydrogens (tertiary/aromatic N) is 7. The highest BCUT2D eigenvalue weighted by molar-refractivity contribution is 6.01. The van der Waals surface area contributed by atoms with Crippen molar-refractivity contribution in [3.8, 4) is 5.88 Å². The van der Waals surface area contributed by atoms with E-state index in [4.69, 9.17) is 24.4 Å². The summed E-state index contributed by atoms with van der Waals surface area (Å²) in [5.74, 6) is 0.0126. The Hall–Kier alpha value is -4.85. The van der Waals surface area contributed by atoms with Crippen molar-refractivity contribution in [1.82, 2.24) is 24.8 Å². The Kier molecular flexibility index (Phi) is 9.85. The number of carbonyl (C=O) groups excluding carboxylic acids is 2. The molecule has 13 nitrogen and oxygen atoms in total. The van der Waals surface area contributed by atoms with Crippen LogP contribution in [0.15, 0.2) is 37.1 Å². The van der Waals surface area contributed by atoms with Gasteiger partial charge in [-0.05, 0) is 59.1 Å². The number of carbonyl (C=O) groups is 2. The fourth-order valence-electron chi connectivity index (χ4n) is 6.13. The zero-order valence-corrected chi connectivity index (χ0v) is 28.8. The van der Waals surface area contributed by atoms with Crippen LogP contribution >= 0.6 is 0 Å². The number of amides is 1. The Labute approximate surface area is 280 Å². The normalized spacial score (nSPS) is 18.2. The van der Waals surface area contributed by atoms with Crippen LogP contribution in [0.5, 0.6) is 5.88 Å². The highest BCUT2D eigenvalue weighted by Gasteiger charge is 2.40. The summed E-state index contributed by atoms with van der Waals surface area (Å²) in [7, 11) is 5.31. The van der Waals surface area contributed by atoms with Crippen molar-refractivity contribution in [1.29, 1.82) is 0 Å². The SMILES string of the molecule is C=CC(=O)Nc1cc(Nc2ncc(C(=O)OC(C)C)c(N3CC(C)(C)c4nc(C)ccc43)n2)c(OC)nc1N1C[C@@H](F)C[C@@H]1CN(C)C. The van der Waals surface area contributed by atoms with Gasteiger partial charge < -0.3 is 34.8 Å². The van der Waals surface area contributed by atoms with E-state index in [1.807, 2.05) is 47.9 Å². The monoisotopic (exact) mass is 661 g/mol. The molecule has 1 fully saturated rings. The number of halogens is 1. The number of alkyl halides is 1. The molecule has 14 heteroatoms. The second kappa shape index (κ2) is 13.7. The van der Waals surface area contributed by atoms with Crippen LogP contribution in [0, 0.1) is 6.92 Å². The van der Waals surface area contributed by atoms with Crippen LogP contribution in [-0.2, 0) is 14.9 Å². The summed E-state index contributed by atoms with van der Waals surface area (Å²) in [4.78, 5) is 50.5. The summed E-state index contributed by atoms with van der Waals surface area (Å²) in [6.07, 6.45) is 1.49. The zero-order chi connectivity index (χ0) is 34.9. The van der Waals surface area contributed by atoms with E-state index in [0.717, 1.165) is 23.2 Å². The Balaban J connectivity index is 1.59. The van der Waals surface area contributed by atoms with Gasteiger partial charge in [0.25, 0.3) is 0 Å². The van der Waals surface area contributed by atoms with Crippen molar-refractivity contribution in [2.24, 2.45) is 0 Å². The number of aryl methyl sites for hydroxylation is 1. The summed E-state index contributed by atoms with van der Waals surface area (Å²) in [5, 5.41) is 5.98. The summed E-state index contributed by atoms with van der Waals surface area (Å²) < 4.78 is 26.0. The first-order valence-corrected chi connectivity index (χ1v) is 15.9. The number of pyridine rings is 2. The van der Waals surface area contributed by atoms with Crippen molar-refractivity contribution in [2.75, 3.05) is 61.3 Å². The van der Waals surface area contributed by atoms with E-state index in [-0.39, 0.29) is 41.5 Å². The molecule has 0 unspecified atom stereocenters. The molecule has 3 aromatic rings. The Morgan fingerprint density at radius 1 is 1.19 bits per heavy atom. The molecule has 3 aromatic heterocycles. The van der Waals surface area contributed by atoms with E-state index in [9.17, 15) is 14.0 Å². The van der Waals surface area contributed by atoms with Gasteiger partial charge in [-0.1, -0.05) is 20.4 Å². The fourth-order valence-corrected chi connectivity index (χ4v) is 6.13. The Morgan fingerprint density at radius 2 is 1.94 bits per heavy atom. The number of rotatable bonds is 11. The first-order chi connectivity index (χ1) is 22.7. The number of ether oxygens (including phenoxy) is 2. The molecule has 0 saturated carbocycles. The molecule has 2 N–H and O–H groups in total. The van der Waals surface area contributed by atoms with Gasteiger partial charge >= 0.3 is 5.97 Å². The molecule has 1 amide bonds. The topological polar surface area (TPSA) is 138 Å². The molecule has 0 radical (unpaired) electrons. The lowest BCUT2D eigenvalue weighted by Crippen LogP contribution is -2.38. The predicted octanol–water partition coefficient (Wildman–Crippen LogP) is 4.92. The van der Waals surface area contributed by atoms with Crippen LogP contribution in [0.3, 0.4) is 0 Å². The van der Waals surface area contributed by atoms with Gasteiger partial charge in [-0.25, -0.2) is 14.2 Å². The highest BCUT2D eigenvalue weighted by atomic mass is 19.1. The number of methoxy groups -OCH3 is 1. The third kappa shape index (κ3) is 7.18. The smallest absolute Gasteiger partial charge is 0.343 e. The van der Waals surface area contributed by atoms with Crippen LogP contribution in [0.2, 0.25) is 0 Å². The summed E-state index contributed by atoms with van der Waals surface area (Å²) in [5.41, 5.74) is 3.14. The molecule has 0 aromatic carbocycles. The van der Waals surface area contributed by atoms with Gasteiger partial charge in [0.1, 0.15) is 17.4 Å². The third-order valence-electron chi connectivity index (χ3n) is 8.15. The number of esters is 1. The molecule has 0 spiro atoms. The van der Waals surface area contributed by atoms with Crippen molar-refractivity contribution in [3.63, 3.8) is 0 Å². The third-order valence-corrected chi connectivity index (χ3v) is 8.15. The quantitative estimate of drug-likeness (QED) is 0.213. The van der Waals surface area contributed by atoms with E-state index < -0.39 is 18.0 Å². The molecular formula is C34H44FN9O4. The second-order valence-electron chi connectivity index (χ2n) is 13.3. The summed E-state index contributed by atoms with van der Waals surface area (Å²) in [6.45, 7) is 14.5. The number of likely N-dealkylation sites (N-methyl/N-ethyl adjacent to an activating group) is 1. The van der Waals surface area contributed by atoms with Gasteiger partial charge in [-0.3, -0.25) is 9.78 Å². The minimum atomic E-state index is -1.06. The van der Waals surface area contributed by atoms with Crippen molar-refractivity contribution in [2.45, 2.75) is 64.8 Å². The number of nitrogens with one attached hydrogen (secondary N) is 2. The minimum absolute atomic E-state index is 0.112. The lowest BCUT2D eigenvalue weighted by atomic mass is 9.91. The van der Waals surface area contributed by atoms with Gasteiger partial charge in [0.15, 0.2) is 11.6 Å². The molecule has 2 aliphatic heterocycles. The van der Waals surface area contributed by atoms with Crippen LogP contribution < -0.4 is 25.2 Å². The first kappa shape index (κ1) is 34.5. The van der Waals surface area contributed by atoms with E-state index >= 15 is 0 Å². The Bertz CT molecular complexity index is 1710. The molecule has 5 heterocycles. The molecule has 48 heavy (non-hydrogen) atoms. The van der Waals surface area contributed by atoms with Gasteiger partial charge in [0.05, 0.1) is 36.8 Å². The molecule has 0 aliphatic carbocycles. The predicted molar refractivity (Wildman–Crippen MR) is 184 cm³/mol. The number of hydrogen-bond acceptors (Lipinski definition) is 12. The largest absolute Gasteiger partial charge is 0.479 e. The molecule has 2 aliphatic rings. The van der Waals surface area contributed by atoms with Crippen molar-refractivity contribution in [3.05, 3.63) is 54.0 Å². The van der Waals surface area contributed by atoms with Gasteiger partial charge in [0, 0.05) is 42.9 Å². The number of aromatic nitrogens is 4. The van der Waals surface area contributed by atoms with E-state index in [0.29, 0.717) is 42.5 Å².